The number of alkyl halides is 3. The Morgan fingerprint density at radius 1 is 1.15 bits per heavy atom. The minimum absolute atomic E-state index is 0.205. The Kier molecular flexibility index (Phi) is 6.58. The van der Waals surface area contributed by atoms with Gasteiger partial charge in [0.15, 0.2) is 11.3 Å². The first-order chi connectivity index (χ1) is 12.9. The van der Waals surface area contributed by atoms with E-state index in [9.17, 15) is 4.79 Å². The minimum atomic E-state index is -1.74. The number of rotatable bonds is 6. The largest absolute Gasteiger partial charge is 0.332 e. The summed E-state index contributed by atoms with van der Waals surface area (Å²) in [5, 5.41) is 3.49. The number of hydrogen-bond acceptors (Lipinski definition) is 3. The van der Waals surface area contributed by atoms with E-state index in [-0.39, 0.29) is 12.3 Å². The van der Waals surface area contributed by atoms with Crippen molar-refractivity contribution in [1.29, 1.82) is 0 Å². The zero-order valence-corrected chi connectivity index (χ0v) is 17.6. The summed E-state index contributed by atoms with van der Waals surface area (Å²) >= 11 is 20.2. The van der Waals surface area contributed by atoms with Crippen LogP contribution in [-0.2, 0) is 10.5 Å². The molecule has 0 unspecified atom stereocenters. The van der Waals surface area contributed by atoms with Crippen molar-refractivity contribution in [1.82, 2.24) is 14.9 Å². The van der Waals surface area contributed by atoms with Crippen LogP contribution in [0.1, 0.15) is 25.1 Å². The molecule has 2 aromatic carbocycles. The zero-order chi connectivity index (χ0) is 19.4. The molecular formula is C19H18Cl3N3OS. The fourth-order valence-electron chi connectivity index (χ4n) is 2.64. The Morgan fingerprint density at radius 2 is 1.81 bits per heavy atom. The lowest BCUT2D eigenvalue weighted by molar-refractivity contribution is -0.122. The number of nitrogens with zero attached hydrogens (tertiary/aromatic N) is 2. The highest BCUT2D eigenvalue weighted by Crippen LogP contribution is 2.41. The van der Waals surface area contributed by atoms with Crippen molar-refractivity contribution in [3.8, 4) is 0 Å². The van der Waals surface area contributed by atoms with Gasteiger partial charge < -0.3 is 5.32 Å². The summed E-state index contributed by atoms with van der Waals surface area (Å²) in [4.78, 5) is 16.8. The van der Waals surface area contributed by atoms with Gasteiger partial charge in [-0.25, -0.2) is 4.98 Å². The number of nitrogens with one attached hydrogen (secondary N) is 1. The predicted molar refractivity (Wildman–Crippen MR) is 113 cm³/mol. The molecule has 142 valence electrons. The van der Waals surface area contributed by atoms with Crippen molar-refractivity contribution < 1.29 is 4.79 Å². The molecule has 0 radical (unpaired) electrons. The van der Waals surface area contributed by atoms with Crippen molar-refractivity contribution in [2.75, 3.05) is 0 Å². The topological polar surface area (TPSA) is 46.9 Å². The van der Waals surface area contributed by atoms with Crippen LogP contribution >= 0.6 is 46.6 Å². The van der Waals surface area contributed by atoms with E-state index in [2.05, 4.69) is 5.32 Å². The Balaban J connectivity index is 2.03. The quantitative estimate of drug-likeness (QED) is 0.392. The summed E-state index contributed by atoms with van der Waals surface area (Å²) in [6.07, 6.45) is -0.586. The second-order valence-corrected chi connectivity index (χ2v) is 9.20. The van der Waals surface area contributed by atoms with Gasteiger partial charge in [0.05, 0.1) is 11.0 Å². The fraction of sp³-hybridized carbons (Fsp3) is 0.263. The van der Waals surface area contributed by atoms with E-state index in [1.165, 1.54) is 11.8 Å². The lowest BCUT2D eigenvalue weighted by Crippen LogP contribution is -2.40. The van der Waals surface area contributed by atoms with Gasteiger partial charge in [0, 0.05) is 12.2 Å². The van der Waals surface area contributed by atoms with Crippen LogP contribution in [0.5, 0.6) is 0 Å². The normalized spacial score (nSPS) is 12.9. The van der Waals surface area contributed by atoms with Gasteiger partial charge in [-0.3, -0.25) is 9.36 Å². The third kappa shape index (κ3) is 4.91. The van der Waals surface area contributed by atoms with Crippen LogP contribution in [-0.4, -0.2) is 19.3 Å². The van der Waals surface area contributed by atoms with Gasteiger partial charge in [0.25, 0.3) is 0 Å². The SMILES string of the molecule is CCC(=O)N[C@H](n1c(SCc2ccccc2)nc2ccccc21)C(Cl)(Cl)Cl. The Bertz CT molecular complexity index is 925. The van der Waals surface area contributed by atoms with Crippen LogP contribution in [0.25, 0.3) is 11.0 Å². The molecule has 0 aliphatic rings. The number of hydrogen-bond donors (Lipinski definition) is 1. The number of para-hydroxylation sites is 2. The fourth-order valence-corrected chi connectivity index (χ4v) is 4.09. The monoisotopic (exact) mass is 441 g/mol. The summed E-state index contributed by atoms with van der Waals surface area (Å²) in [7, 11) is 0. The second-order valence-electron chi connectivity index (χ2n) is 5.89. The van der Waals surface area contributed by atoms with Gasteiger partial charge in [0.2, 0.25) is 9.70 Å². The van der Waals surface area contributed by atoms with Crippen molar-refractivity contribution in [3.05, 3.63) is 60.2 Å². The first kappa shape index (κ1) is 20.3. The number of thioether (sulfide) groups is 1. The maximum absolute atomic E-state index is 12.1. The molecular weight excluding hydrogens is 425 g/mol. The molecule has 1 amide bonds. The molecule has 0 aliphatic heterocycles. The Labute approximate surface area is 177 Å². The molecule has 3 aromatic rings. The molecule has 0 saturated carbocycles. The van der Waals surface area contributed by atoms with Gasteiger partial charge >= 0.3 is 0 Å². The molecule has 0 aliphatic carbocycles. The van der Waals surface area contributed by atoms with E-state index in [1.807, 2.05) is 54.6 Å². The molecule has 1 heterocycles. The molecule has 3 rings (SSSR count). The molecule has 4 nitrogen and oxygen atoms in total. The number of amides is 1. The van der Waals surface area contributed by atoms with E-state index in [0.717, 1.165) is 16.6 Å². The van der Waals surface area contributed by atoms with Crippen molar-refractivity contribution in [2.24, 2.45) is 0 Å². The van der Waals surface area contributed by atoms with Gasteiger partial charge in [-0.1, -0.05) is 96.0 Å². The lowest BCUT2D eigenvalue weighted by atomic mass is 10.2. The Hall–Kier alpha value is -1.40. The maximum atomic E-state index is 12.1. The number of carbonyl (C=O) groups is 1. The number of aromatic nitrogens is 2. The molecule has 27 heavy (non-hydrogen) atoms. The first-order valence-corrected chi connectivity index (χ1v) is 10.5. The van der Waals surface area contributed by atoms with E-state index in [4.69, 9.17) is 39.8 Å². The highest BCUT2D eigenvalue weighted by atomic mass is 35.6. The van der Waals surface area contributed by atoms with Crippen LogP contribution < -0.4 is 5.32 Å². The molecule has 1 aromatic heterocycles. The number of imidazole rings is 1. The standard InChI is InChI=1S/C19H18Cl3N3OS/c1-2-16(26)24-17(19(20,21)22)25-15-11-7-6-10-14(15)23-18(25)27-12-13-8-4-3-5-9-13/h3-11,17H,2,12H2,1H3,(H,24,26)/t17-/m1/s1. The molecule has 8 heteroatoms. The number of benzene rings is 2. The van der Waals surface area contributed by atoms with Crippen LogP contribution in [0.3, 0.4) is 0 Å². The summed E-state index contributed by atoms with van der Waals surface area (Å²) in [5.74, 6) is 0.501. The van der Waals surface area contributed by atoms with E-state index in [1.54, 1.807) is 11.5 Å². The highest BCUT2D eigenvalue weighted by molar-refractivity contribution is 7.98. The van der Waals surface area contributed by atoms with Gasteiger partial charge in [-0.2, -0.15) is 0 Å². The summed E-state index contributed by atoms with van der Waals surface area (Å²) in [6, 6.07) is 17.6. The van der Waals surface area contributed by atoms with Crippen LogP contribution in [0.2, 0.25) is 0 Å². The van der Waals surface area contributed by atoms with Crippen molar-refractivity contribution >= 4 is 63.5 Å². The average Bonchev–Trinajstić information content (AvgIpc) is 3.02. The van der Waals surface area contributed by atoms with E-state index in [0.29, 0.717) is 10.9 Å². The van der Waals surface area contributed by atoms with Crippen LogP contribution in [0.4, 0.5) is 0 Å². The lowest BCUT2D eigenvalue weighted by Gasteiger charge is -2.28. The third-order valence-electron chi connectivity index (χ3n) is 3.96. The van der Waals surface area contributed by atoms with Gasteiger partial charge in [0.1, 0.15) is 0 Å². The third-order valence-corrected chi connectivity index (χ3v) is 5.61. The molecule has 1 N–H and O–H groups in total. The minimum Gasteiger partial charge on any atom is -0.332 e. The molecule has 0 fully saturated rings. The highest BCUT2D eigenvalue weighted by Gasteiger charge is 2.37. The van der Waals surface area contributed by atoms with Gasteiger partial charge in [-0.15, -0.1) is 0 Å². The summed E-state index contributed by atoms with van der Waals surface area (Å²) in [5.41, 5.74) is 2.72. The van der Waals surface area contributed by atoms with Gasteiger partial charge in [-0.05, 0) is 17.7 Å². The van der Waals surface area contributed by atoms with Crippen LogP contribution in [0.15, 0.2) is 59.8 Å². The zero-order valence-electron chi connectivity index (χ0n) is 14.5. The molecule has 0 saturated heterocycles. The number of fused-ring (bicyclic) bond motifs is 1. The van der Waals surface area contributed by atoms with E-state index < -0.39 is 9.96 Å². The predicted octanol–water partition coefficient (Wildman–Crippen LogP) is 5.72. The molecule has 0 bridgehead atoms. The number of carbonyl (C=O) groups excluding carboxylic acids is 1. The molecule has 0 spiro atoms. The Morgan fingerprint density at radius 3 is 2.48 bits per heavy atom. The van der Waals surface area contributed by atoms with Crippen LogP contribution in [0, 0.1) is 0 Å². The van der Waals surface area contributed by atoms with Crippen molar-refractivity contribution in [2.45, 2.75) is 34.2 Å². The maximum Gasteiger partial charge on any atom is 0.229 e. The second kappa shape index (κ2) is 8.74. The number of halogens is 3. The smallest absolute Gasteiger partial charge is 0.229 e. The van der Waals surface area contributed by atoms with Crippen molar-refractivity contribution in [3.63, 3.8) is 0 Å². The summed E-state index contributed by atoms with van der Waals surface area (Å²) in [6.45, 7) is 1.75. The van der Waals surface area contributed by atoms with E-state index >= 15 is 0 Å². The average molecular weight is 443 g/mol. The molecule has 1 atom stereocenters. The summed E-state index contributed by atoms with van der Waals surface area (Å²) < 4.78 is 0.0554. The first-order valence-electron chi connectivity index (χ1n) is 8.40.